The number of carbonyl (C=O) groups is 1. The fourth-order valence-corrected chi connectivity index (χ4v) is 5.02. The van der Waals surface area contributed by atoms with Crippen molar-refractivity contribution in [1.29, 1.82) is 0 Å². The molecule has 0 bridgehead atoms. The number of nitrogens with one attached hydrogen (secondary N) is 2. The predicted octanol–water partition coefficient (Wildman–Crippen LogP) is 3.95. The van der Waals surface area contributed by atoms with E-state index in [0.29, 0.717) is 22.5 Å². The summed E-state index contributed by atoms with van der Waals surface area (Å²) in [5.74, 6) is -0.361. The Bertz CT molecular complexity index is 1390. The number of aromatic amines is 1. The van der Waals surface area contributed by atoms with E-state index in [1.54, 1.807) is 30.5 Å². The highest BCUT2D eigenvalue weighted by molar-refractivity contribution is 7.78. The van der Waals surface area contributed by atoms with Crippen LogP contribution in [-0.4, -0.2) is 67.7 Å². The highest BCUT2D eigenvalue weighted by Gasteiger charge is 2.17. The van der Waals surface area contributed by atoms with Gasteiger partial charge in [-0.05, 0) is 35.9 Å². The number of hydrogen-bond acceptors (Lipinski definition) is 5. The molecular weight excluding hydrogens is 474 g/mol. The Kier molecular flexibility index (Phi) is 7.24. The van der Waals surface area contributed by atoms with Crippen molar-refractivity contribution in [3.05, 3.63) is 83.7 Å². The summed E-state index contributed by atoms with van der Waals surface area (Å²) in [6.45, 7) is 5.31. The highest BCUT2D eigenvalue weighted by atomic mass is 32.2. The first-order chi connectivity index (χ1) is 17.5. The molecule has 1 aliphatic heterocycles. The molecule has 5 rings (SSSR count). The number of likely N-dealkylation sites (N-methyl/N-ethyl adjacent to an activating group) is 1. The number of rotatable bonds is 7. The molecule has 1 fully saturated rings. The maximum absolute atomic E-state index is 13.1. The number of H-pyrrole nitrogens is 1. The number of aromatic nitrogens is 2. The molecule has 1 saturated heterocycles. The van der Waals surface area contributed by atoms with Crippen LogP contribution in [0.25, 0.3) is 22.2 Å². The molecule has 1 unspecified atom stereocenters. The van der Waals surface area contributed by atoms with Gasteiger partial charge in [0.2, 0.25) is 0 Å². The molecule has 3 N–H and O–H groups in total. The molecule has 8 nitrogen and oxygen atoms in total. The van der Waals surface area contributed by atoms with Crippen LogP contribution < -0.4 is 5.32 Å². The smallest absolute Gasteiger partial charge is 0.257 e. The fraction of sp³-hybridized carbons (Fsp3) is 0.259. The SMILES string of the molecule is CN1CCN(Cc2ccc(-c3cnc4[nH]cc(C(=O)Nc5ccccc5CS(=O)O)c4c3)cc2)CC1. The van der Waals surface area contributed by atoms with Crippen molar-refractivity contribution in [1.82, 2.24) is 19.8 Å². The van der Waals surface area contributed by atoms with Crippen LogP contribution in [0.5, 0.6) is 0 Å². The van der Waals surface area contributed by atoms with Crippen LogP contribution >= 0.6 is 0 Å². The molecule has 2 aromatic heterocycles. The third-order valence-corrected chi connectivity index (χ3v) is 7.17. The molecule has 1 aliphatic rings. The molecule has 9 heteroatoms. The molecule has 4 aromatic rings. The molecule has 1 amide bonds. The second-order valence-corrected chi connectivity index (χ2v) is 10.1. The minimum Gasteiger partial charge on any atom is -0.345 e. The van der Waals surface area contributed by atoms with Crippen LogP contribution in [0.4, 0.5) is 5.69 Å². The van der Waals surface area contributed by atoms with Gasteiger partial charge >= 0.3 is 0 Å². The average molecular weight is 504 g/mol. The van der Waals surface area contributed by atoms with Crippen molar-refractivity contribution >= 4 is 33.7 Å². The lowest BCUT2D eigenvalue weighted by Gasteiger charge is -2.32. The summed E-state index contributed by atoms with van der Waals surface area (Å²) in [5.41, 5.74) is 5.45. The number of hydrogen-bond donors (Lipinski definition) is 3. The van der Waals surface area contributed by atoms with Gasteiger partial charge in [-0.3, -0.25) is 9.69 Å². The summed E-state index contributed by atoms with van der Waals surface area (Å²) in [6, 6.07) is 17.5. The Morgan fingerprint density at radius 3 is 2.58 bits per heavy atom. The Hall–Kier alpha value is -3.37. The van der Waals surface area contributed by atoms with Crippen LogP contribution in [-0.2, 0) is 23.4 Å². The Morgan fingerprint density at radius 2 is 1.83 bits per heavy atom. The summed E-state index contributed by atoms with van der Waals surface area (Å²) in [4.78, 5) is 25.6. The average Bonchev–Trinajstić information content (AvgIpc) is 3.30. The van der Waals surface area contributed by atoms with Crippen molar-refractivity contribution < 1.29 is 13.6 Å². The van der Waals surface area contributed by atoms with Crippen LogP contribution in [0.1, 0.15) is 21.5 Å². The Morgan fingerprint density at radius 1 is 1.08 bits per heavy atom. The van der Waals surface area contributed by atoms with Crippen LogP contribution in [0.2, 0.25) is 0 Å². The van der Waals surface area contributed by atoms with Crippen molar-refractivity contribution in [2.24, 2.45) is 0 Å². The van der Waals surface area contributed by atoms with Gasteiger partial charge in [-0.25, -0.2) is 9.19 Å². The minimum absolute atomic E-state index is 0.0547. The van der Waals surface area contributed by atoms with Crippen LogP contribution in [0, 0.1) is 0 Å². The molecule has 186 valence electrons. The third-order valence-electron chi connectivity index (χ3n) is 6.61. The summed E-state index contributed by atoms with van der Waals surface area (Å²) >= 11 is -2.00. The number of fused-ring (bicyclic) bond motifs is 1. The van der Waals surface area contributed by atoms with Crippen LogP contribution in [0.15, 0.2) is 67.0 Å². The van der Waals surface area contributed by atoms with E-state index >= 15 is 0 Å². The van der Waals surface area contributed by atoms with Gasteiger partial charge in [-0.15, -0.1) is 0 Å². The number of carbonyl (C=O) groups excluding carboxylic acids is 1. The van der Waals surface area contributed by atoms with Gasteiger partial charge in [-0.2, -0.15) is 0 Å². The van der Waals surface area contributed by atoms with Gasteiger partial charge < -0.3 is 19.8 Å². The Labute approximate surface area is 212 Å². The fourth-order valence-electron chi connectivity index (χ4n) is 4.51. The van der Waals surface area contributed by atoms with Crippen molar-refractivity contribution in [3.8, 4) is 11.1 Å². The van der Waals surface area contributed by atoms with Crippen LogP contribution in [0.3, 0.4) is 0 Å². The van der Waals surface area contributed by atoms with Crippen molar-refractivity contribution in [3.63, 3.8) is 0 Å². The zero-order valence-electron chi connectivity index (χ0n) is 20.1. The predicted molar refractivity (Wildman–Crippen MR) is 143 cm³/mol. The van der Waals surface area contributed by atoms with Crippen molar-refractivity contribution in [2.75, 3.05) is 38.5 Å². The molecular formula is C27H29N5O3S. The lowest BCUT2D eigenvalue weighted by Crippen LogP contribution is -2.43. The van der Waals surface area contributed by atoms with E-state index in [1.165, 1.54) is 5.56 Å². The number of benzene rings is 2. The summed E-state index contributed by atoms with van der Waals surface area (Å²) < 4.78 is 20.6. The zero-order chi connectivity index (χ0) is 25.1. The largest absolute Gasteiger partial charge is 0.345 e. The number of para-hydroxylation sites is 1. The van der Waals surface area contributed by atoms with E-state index in [4.69, 9.17) is 0 Å². The number of anilines is 1. The van der Waals surface area contributed by atoms with Crippen molar-refractivity contribution in [2.45, 2.75) is 12.3 Å². The molecule has 3 heterocycles. The van der Waals surface area contributed by atoms with Gasteiger partial charge in [0.1, 0.15) is 5.65 Å². The molecule has 36 heavy (non-hydrogen) atoms. The van der Waals surface area contributed by atoms with Gasteiger partial charge in [0.15, 0.2) is 11.1 Å². The quantitative estimate of drug-likeness (QED) is 0.330. The van der Waals surface area contributed by atoms with E-state index in [2.05, 4.69) is 56.4 Å². The van der Waals surface area contributed by atoms with E-state index in [0.717, 1.165) is 49.2 Å². The first-order valence-corrected chi connectivity index (χ1v) is 13.2. The van der Waals surface area contributed by atoms with Gasteiger partial charge in [0.25, 0.3) is 5.91 Å². The van der Waals surface area contributed by atoms with E-state index in [1.807, 2.05) is 12.3 Å². The molecule has 0 radical (unpaired) electrons. The number of amides is 1. The van der Waals surface area contributed by atoms with E-state index in [-0.39, 0.29) is 11.7 Å². The summed E-state index contributed by atoms with van der Waals surface area (Å²) in [5, 5.41) is 3.60. The Balaban J connectivity index is 1.34. The molecule has 0 saturated carbocycles. The number of nitrogens with zero attached hydrogens (tertiary/aromatic N) is 3. The summed E-state index contributed by atoms with van der Waals surface area (Å²) in [7, 11) is 2.16. The second-order valence-electron chi connectivity index (χ2n) is 9.18. The van der Waals surface area contributed by atoms with E-state index < -0.39 is 11.1 Å². The second kappa shape index (κ2) is 10.7. The molecule has 0 spiro atoms. The topological polar surface area (TPSA) is 102 Å². The lowest BCUT2D eigenvalue weighted by atomic mass is 10.0. The number of piperazine rings is 1. The van der Waals surface area contributed by atoms with E-state index in [9.17, 15) is 13.6 Å². The molecule has 0 aliphatic carbocycles. The molecule has 2 aromatic carbocycles. The van der Waals surface area contributed by atoms with Gasteiger partial charge in [-0.1, -0.05) is 42.5 Å². The lowest BCUT2D eigenvalue weighted by molar-refractivity contribution is 0.102. The molecule has 1 atom stereocenters. The monoisotopic (exact) mass is 503 g/mol. The highest BCUT2D eigenvalue weighted by Crippen LogP contribution is 2.26. The third kappa shape index (κ3) is 5.55. The standard InChI is InChI=1S/C27H29N5O3S/c1-31-10-12-32(13-11-31)17-19-6-8-20(9-7-19)22-14-23-24(16-29-26(23)28-15-22)27(33)30-25-5-3-2-4-21(25)18-36(34)35/h2-9,14-16H,10-13,17-18H2,1H3,(H,28,29)(H,30,33)(H,34,35). The maximum atomic E-state index is 13.1. The first kappa shape index (κ1) is 24.3. The minimum atomic E-state index is -2.00. The first-order valence-electron chi connectivity index (χ1n) is 11.9. The number of pyridine rings is 1. The maximum Gasteiger partial charge on any atom is 0.257 e. The van der Waals surface area contributed by atoms with Gasteiger partial charge in [0.05, 0.1) is 11.3 Å². The summed E-state index contributed by atoms with van der Waals surface area (Å²) in [6.07, 6.45) is 3.45. The zero-order valence-corrected chi connectivity index (χ0v) is 20.9. The normalized spacial score (nSPS) is 15.7. The van der Waals surface area contributed by atoms with Gasteiger partial charge in [0, 0.05) is 61.8 Å².